The van der Waals surface area contributed by atoms with Crippen molar-refractivity contribution < 1.29 is 0 Å². The highest BCUT2D eigenvalue weighted by Gasteiger charge is 2.20. The first-order chi connectivity index (χ1) is 10.2. The second-order valence-electron chi connectivity index (χ2n) is 5.34. The average Bonchev–Trinajstić information content (AvgIpc) is 2.93. The van der Waals surface area contributed by atoms with E-state index >= 15 is 0 Å². The average molecular weight is 296 g/mol. The molecule has 2 nitrogen and oxygen atoms in total. The third-order valence-electron chi connectivity index (χ3n) is 4.06. The Morgan fingerprint density at radius 1 is 1.10 bits per heavy atom. The maximum absolute atomic E-state index is 6.11. The highest BCUT2D eigenvalue weighted by atomic mass is 32.1. The summed E-state index contributed by atoms with van der Waals surface area (Å²) in [6.45, 7) is 2.75. The minimum atomic E-state index is 0.197. The van der Waals surface area contributed by atoms with Crippen molar-refractivity contribution in [3.63, 3.8) is 0 Å². The largest absolute Gasteiger partial charge is 0.366 e. The van der Waals surface area contributed by atoms with Crippen LogP contribution in [0.2, 0.25) is 0 Å². The van der Waals surface area contributed by atoms with Gasteiger partial charge in [0.25, 0.3) is 0 Å². The first-order valence-electron chi connectivity index (χ1n) is 7.17. The van der Waals surface area contributed by atoms with Crippen LogP contribution in [-0.2, 0) is 0 Å². The number of nitrogens with two attached hydrogens (primary N) is 1. The van der Waals surface area contributed by atoms with E-state index in [9.17, 15) is 0 Å². The molecule has 0 aliphatic carbocycles. The molecule has 1 atom stereocenters. The van der Waals surface area contributed by atoms with E-state index in [1.54, 1.807) is 11.3 Å². The van der Waals surface area contributed by atoms with Crippen molar-refractivity contribution in [2.75, 3.05) is 18.5 Å². The summed E-state index contributed by atoms with van der Waals surface area (Å²) in [6, 6.07) is 17.2. The standard InChI is InChI=1S/C18H20N2S/c1-13-7-3-5-9-16(13)20(2)17(11-19)15-12-21-18-10-6-4-8-14(15)18/h3-10,12,17H,11,19H2,1-2H3. The van der Waals surface area contributed by atoms with Crippen LogP contribution in [0.1, 0.15) is 17.2 Å². The van der Waals surface area contributed by atoms with Gasteiger partial charge < -0.3 is 10.6 Å². The van der Waals surface area contributed by atoms with Crippen LogP contribution in [0.3, 0.4) is 0 Å². The van der Waals surface area contributed by atoms with Crippen molar-refractivity contribution in [1.82, 2.24) is 0 Å². The van der Waals surface area contributed by atoms with E-state index in [0.29, 0.717) is 6.54 Å². The van der Waals surface area contributed by atoms with Crippen LogP contribution >= 0.6 is 11.3 Å². The SMILES string of the molecule is Cc1ccccc1N(C)C(CN)c1csc2ccccc12. The van der Waals surface area contributed by atoms with Crippen molar-refractivity contribution in [1.29, 1.82) is 0 Å². The number of anilines is 1. The lowest BCUT2D eigenvalue weighted by atomic mass is 10.0. The fourth-order valence-electron chi connectivity index (χ4n) is 2.88. The highest BCUT2D eigenvalue weighted by Crippen LogP contribution is 2.34. The summed E-state index contributed by atoms with van der Waals surface area (Å²) in [6.07, 6.45) is 0. The summed E-state index contributed by atoms with van der Waals surface area (Å²) in [5.41, 5.74) is 9.94. The number of likely N-dealkylation sites (N-methyl/N-ethyl adjacent to an activating group) is 1. The van der Waals surface area contributed by atoms with Gasteiger partial charge in [0.15, 0.2) is 0 Å². The molecular formula is C18H20N2S. The lowest BCUT2D eigenvalue weighted by Crippen LogP contribution is -2.30. The molecule has 3 aromatic rings. The summed E-state index contributed by atoms with van der Waals surface area (Å²) in [4.78, 5) is 2.30. The van der Waals surface area contributed by atoms with Crippen molar-refractivity contribution in [3.05, 3.63) is 65.0 Å². The zero-order valence-corrected chi connectivity index (χ0v) is 13.2. The van der Waals surface area contributed by atoms with Crippen molar-refractivity contribution in [2.45, 2.75) is 13.0 Å². The van der Waals surface area contributed by atoms with Gasteiger partial charge in [0.1, 0.15) is 0 Å². The van der Waals surface area contributed by atoms with Gasteiger partial charge in [-0.2, -0.15) is 0 Å². The van der Waals surface area contributed by atoms with Crippen LogP contribution in [0.15, 0.2) is 53.9 Å². The fraction of sp³-hybridized carbons (Fsp3) is 0.222. The summed E-state index contributed by atoms with van der Waals surface area (Å²) in [5, 5.41) is 3.56. The Kier molecular flexibility index (Phi) is 3.95. The Balaban J connectivity index is 2.04. The summed E-state index contributed by atoms with van der Waals surface area (Å²) < 4.78 is 1.32. The van der Waals surface area contributed by atoms with Gasteiger partial charge in [-0.25, -0.2) is 0 Å². The first kappa shape index (κ1) is 14.1. The van der Waals surface area contributed by atoms with Crippen LogP contribution in [-0.4, -0.2) is 13.6 Å². The zero-order valence-electron chi connectivity index (χ0n) is 12.4. The van der Waals surface area contributed by atoms with Crippen LogP contribution in [0.4, 0.5) is 5.69 Å². The first-order valence-corrected chi connectivity index (χ1v) is 8.05. The number of hydrogen-bond acceptors (Lipinski definition) is 3. The fourth-order valence-corrected chi connectivity index (χ4v) is 3.89. The van der Waals surface area contributed by atoms with Crippen LogP contribution in [0.25, 0.3) is 10.1 Å². The van der Waals surface area contributed by atoms with E-state index in [0.717, 1.165) is 0 Å². The van der Waals surface area contributed by atoms with Gasteiger partial charge in [-0.1, -0.05) is 36.4 Å². The number of hydrogen-bond donors (Lipinski definition) is 1. The van der Waals surface area contributed by atoms with Crippen LogP contribution in [0, 0.1) is 6.92 Å². The molecule has 21 heavy (non-hydrogen) atoms. The second-order valence-corrected chi connectivity index (χ2v) is 6.25. The molecule has 0 aliphatic rings. The number of rotatable bonds is 4. The van der Waals surface area contributed by atoms with E-state index < -0.39 is 0 Å². The summed E-state index contributed by atoms with van der Waals surface area (Å²) in [7, 11) is 2.13. The maximum Gasteiger partial charge on any atom is 0.0675 e. The lowest BCUT2D eigenvalue weighted by Gasteiger charge is -2.30. The van der Waals surface area contributed by atoms with Gasteiger partial charge in [0.2, 0.25) is 0 Å². The molecular weight excluding hydrogens is 276 g/mol. The molecule has 0 bridgehead atoms. The molecule has 0 saturated heterocycles. The van der Waals surface area contributed by atoms with Gasteiger partial charge in [-0.15, -0.1) is 11.3 Å². The summed E-state index contributed by atoms with van der Waals surface area (Å²) >= 11 is 1.79. The van der Waals surface area contributed by atoms with Gasteiger partial charge >= 0.3 is 0 Å². The summed E-state index contributed by atoms with van der Waals surface area (Å²) in [5.74, 6) is 0. The third-order valence-corrected chi connectivity index (χ3v) is 5.04. The molecule has 3 heteroatoms. The smallest absolute Gasteiger partial charge is 0.0675 e. The molecule has 108 valence electrons. The Labute approximate surface area is 129 Å². The van der Waals surface area contributed by atoms with E-state index in [-0.39, 0.29) is 6.04 Å². The van der Waals surface area contributed by atoms with E-state index in [4.69, 9.17) is 5.73 Å². The number of aryl methyl sites for hydroxylation is 1. The van der Waals surface area contributed by atoms with Crippen molar-refractivity contribution >= 4 is 27.1 Å². The van der Waals surface area contributed by atoms with E-state index in [2.05, 4.69) is 72.8 Å². The minimum absolute atomic E-state index is 0.197. The Bertz CT molecular complexity index is 748. The van der Waals surface area contributed by atoms with E-state index in [1.165, 1.54) is 26.9 Å². The molecule has 0 aliphatic heterocycles. The molecule has 1 aromatic heterocycles. The van der Waals surface area contributed by atoms with Gasteiger partial charge in [0.05, 0.1) is 6.04 Å². The van der Waals surface area contributed by atoms with E-state index in [1.807, 2.05) is 0 Å². The Morgan fingerprint density at radius 2 is 1.81 bits per heavy atom. The molecule has 0 saturated carbocycles. The molecule has 0 amide bonds. The Hall–Kier alpha value is -1.84. The number of benzene rings is 2. The van der Waals surface area contributed by atoms with Crippen LogP contribution < -0.4 is 10.6 Å². The predicted molar refractivity (Wildman–Crippen MR) is 93.2 cm³/mol. The van der Waals surface area contributed by atoms with Gasteiger partial charge in [0, 0.05) is 24.0 Å². The second kappa shape index (κ2) is 5.88. The van der Waals surface area contributed by atoms with Crippen molar-refractivity contribution in [2.24, 2.45) is 5.73 Å². The quantitative estimate of drug-likeness (QED) is 0.775. The van der Waals surface area contributed by atoms with Crippen LogP contribution in [0.5, 0.6) is 0 Å². The molecule has 2 aromatic carbocycles. The molecule has 0 radical (unpaired) electrons. The number of thiophene rings is 1. The number of nitrogens with zero attached hydrogens (tertiary/aromatic N) is 1. The predicted octanol–water partition coefficient (Wildman–Crippen LogP) is 4.35. The molecule has 1 unspecified atom stereocenters. The minimum Gasteiger partial charge on any atom is -0.366 e. The monoisotopic (exact) mass is 296 g/mol. The topological polar surface area (TPSA) is 29.3 Å². The van der Waals surface area contributed by atoms with Gasteiger partial charge in [-0.3, -0.25) is 0 Å². The number of para-hydroxylation sites is 1. The normalized spacial score (nSPS) is 12.5. The third kappa shape index (κ3) is 2.55. The molecule has 3 rings (SSSR count). The lowest BCUT2D eigenvalue weighted by molar-refractivity contribution is 0.686. The zero-order chi connectivity index (χ0) is 14.8. The molecule has 1 heterocycles. The highest BCUT2D eigenvalue weighted by molar-refractivity contribution is 7.17. The maximum atomic E-state index is 6.11. The molecule has 0 fully saturated rings. The number of fused-ring (bicyclic) bond motifs is 1. The molecule has 2 N–H and O–H groups in total. The molecule has 0 spiro atoms. The van der Waals surface area contributed by atoms with Gasteiger partial charge in [-0.05, 0) is 40.9 Å². The van der Waals surface area contributed by atoms with Crippen molar-refractivity contribution in [3.8, 4) is 0 Å². The Morgan fingerprint density at radius 3 is 2.57 bits per heavy atom.